The number of hydrogen-bond acceptors (Lipinski definition) is 9. The normalized spacial score (nSPS) is 19.8. The van der Waals surface area contributed by atoms with Gasteiger partial charge in [-0.15, -0.1) is 0 Å². The molecule has 4 N–H and O–H groups in total. The molecule has 0 spiro atoms. The summed E-state index contributed by atoms with van der Waals surface area (Å²) in [5, 5.41) is 40.4. The first-order valence-corrected chi connectivity index (χ1v) is 28.3. The van der Waals surface area contributed by atoms with E-state index in [1.807, 2.05) is 0 Å². The van der Waals surface area contributed by atoms with Crippen LogP contribution >= 0.6 is 0 Å². The van der Waals surface area contributed by atoms with E-state index in [1.54, 1.807) is 0 Å². The van der Waals surface area contributed by atoms with Crippen LogP contribution in [-0.4, -0.2) is 89.6 Å². The van der Waals surface area contributed by atoms with Gasteiger partial charge in [-0.1, -0.05) is 212 Å². The topological polar surface area (TPSA) is 135 Å². The third-order valence-electron chi connectivity index (χ3n) is 12.1. The molecule has 1 aliphatic heterocycles. The number of carbonyl (C=O) groups excluding carboxylic acids is 1. The van der Waals surface area contributed by atoms with Crippen LogP contribution in [-0.2, 0) is 23.7 Å². The third-order valence-corrected chi connectivity index (χ3v) is 12.1. The minimum atomic E-state index is -1.55. The molecule has 1 fully saturated rings. The van der Waals surface area contributed by atoms with Crippen molar-refractivity contribution in [2.75, 3.05) is 26.4 Å². The lowest BCUT2D eigenvalue weighted by Crippen LogP contribution is -2.59. The summed E-state index contributed by atoms with van der Waals surface area (Å²) in [4.78, 5) is 12.9. The lowest BCUT2D eigenvalue weighted by molar-refractivity contribution is -0.305. The summed E-state index contributed by atoms with van der Waals surface area (Å²) >= 11 is 0. The van der Waals surface area contributed by atoms with E-state index < -0.39 is 43.4 Å². The zero-order valence-electron chi connectivity index (χ0n) is 45.1. The van der Waals surface area contributed by atoms with Gasteiger partial charge in [0.15, 0.2) is 6.29 Å². The minimum absolute atomic E-state index is 0.119. The summed E-state index contributed by atoms with van der Waals surface area (Å²) < 4.78 is 22.9. The fourth-order valence-electron chi connectivity index (χ4n) is 7.76. The van der Waals surface area contributed by atoms with Gasteiger partial charge in [0.05, 0.1) is 19.8 Å². The predicted octanol–water partition coefficient (Wildman–Crippen LogP) is 14.8. The van der Waals surface area contributed by atoms with Crippen LogP contribution in [0.15, 0.2) is 134 Å². The maximum atomic E-state index is 12.9. The van der Waals surface area contributed by atoms with Crippen LogP contribution in [0, 0.1) is 0 Å². The van der Waals surface area contributed by atoms with Gasteiger partial charge in [-0.3, -0.25) is 4.79 Å². The van der Waals surface area contributed by atoms with Crippen molar-refractivity contribution in [3.05, 3.63) is 134 Å². The van der Waals surface area contributed by atoms with Gasteiger partial charge in [-0.05, 0) is 109 Å². The maximum absolute atomic E-state index is 12.9. The molecule has 0 aromatic rings. The molecule has 0 radical (unpaired) electrons. The number of hydrogen-bond donors (Lipinski definition) is 4. The Morgan fingerprint density at radius 2 is 0.806 bits per heavy atom. The van der Waals surface area contributed by atoms with Crippen molar-refractivity contribution >= 4 is 5.97 Å². The molecule has 1 saturated heterocycles. The Bertz CT molecular complexity index is 1560. The van der Waals surface area contributed by atoms with Crippen LogP contribution in [0.25, 0.3) is 0 Å². The molecule has 408 valence electrons. The first kappa shape index (κ1) is 66.3. The van der Waals surface area contributed by atoms with Crippen molar-refractivity contribution in [2.24, 2.45) is 0 Å². The molecule has 9 heteroatoms. The molecule has 0 amide bonds. The smallest absolute Gasteiger partial charge is 0.306 e. The average Bonchev–Trinajstić information content (AvgIpc) is 3.38. The van der Waals surface area contributed by atoms with Gasteiger partial charge in [-0.25, -0.2) is 0 Å². The number of carbonyl (C=O) groups is 1. The van der Waals surface area contributed by atoms with Crippen molar-refractivity contribution in [3.8, 4) is 0 Å². The van der Waals surface area contributed by atoms with E-state index >= 15 is 0 Å². The van der Waals surface area contributed by atoms with Crippen molar-refractivity contribution < 1.29 is 44.2 Å². The lowest BCUT2D eigenvalue weighted by Gasteiger charge is -2.39. The minimum Gasteiger partial charge on any atom is -0.457 e. The van der Waals surface area contributed by atoms with Crippen LogP contribution < -0.4 is 0 Å². The number of ether oxygens (including phenoxy) is 4. The Labute approximate surface area is 439 Å². The zero-order valence-corrected chi connectivity index (χ0v) is 45.1. The molecule has 1 heterocycles. The molecule has 0 aromatic heterocycles. The van der Waals surface area contributed by atoms with Gasteiger partial charge < -0.3 is 39.4 Å². The average molecular weight is 1000 g/mol. The second-order valence-corrected chi connectivity index (χ2v) is 18.6. The van der Waals surface area contributed by atoms with E-state index in [0.717, 1.165) is 141 Å². The number of aliphatic hydroxyl groups is 4. The van der Waals surface area contributed by atoms with Crippen LogP contribution in [0.5, 0.6) is 0 Å². The maximum Gasteiger partial charge on any atom is 0.306 e. The zero-order chi connectivity index (χ0) is 52.1. The Morgan fingerprint density at radius 3 is 1.21 bits per heavy atom. The molecular weight excluding hydrogens is 901 g/mol. The summed E-state index contributed by atoms with van der Waals surface area (Å²) in [6.07, 6.45) is 70.6. The molecule has 6 atom stereocenters. The van der Waals surface area contributed by atoms with E-state index in [4.69, 9.17) is 18.9 Å². The van der Waals surface area contributed by atoms with Crippen LogP contribution in [0.4, 0.5) is 0 Å². The van der Waals surface area contributed by atoms with Crippen LogP contribution in [0.2, 0.25) is 0 Å². The van der Waals surface area contributed by atoms with Crippen molar-refractivity contribution in [2.45, 2.75) is 230 Å². The van der Waals surface area contributed by atoms with E-state index in [9.17, 15) is 25.2 Å². The van der Waals surface area contributed by atoms with Crippen molar-refractivity contribution in [1.29, 1.82) is 0 Å². The largest absolute Gasteiger partial charge is 0.457 e. The molecule has 6 unspecified atom stereocenters. The molecule has 0 saturated carbocycles. The highest BCUT2D eigenvalue weighted by Gasteiger charge is 2.44. The molecule has 0 aromatic carbocycles. The SMILES string of the molecule is CC/C=C\C/C=C\C/C=C\C/C=C\C/C=C\C/C=C\CCCCCCCOCC(COC1OC(CO)C(O)C(O)C1O)OC(=O)CCCCCCCCCCC/C=C\C/C=C\C/C=C\C/C=C\C/C=C\CC. The standard InChI is InChI=1S/C63H102O9/c1-3-5-7-9-11-13-15-17-19-21-23-25-27-29-30-32-34-36-38-40-42-44-46-48-50-52-59(65)71-57(56-70-63-62(68)61(67)60(66)58(54-64)72-63)55-69-53-51-49-47-45-43-41-39-37-35-33-31-28-26-24-22-20-18-16-14-12-10-8-6-4-2/h5-8,11-14,17-20,23-26,29-31,33,37,39,57-58,60-64,66-68H,3-4,9-10,15-16,21-22,27-28,32,34-36,38,40-56H2,1-2H3/b7-5-,8-6-,13-11-,14-12-,19-17-,20-18-,25-23-,26-24-,30-29-,33-31-,39-37-. The number of rotatable bonds is 47. The first-order chi connectivity index (χ1) is 35.4. The molecule has 0 aliphatic carbocycles. The quantitative estimate of drug-likeness (QED) is 0.0267. The molecule has 1 aliphatic rings. The van der Waals surface area contributed by atoms with E-state index in [-0.39, 0.29) is 19.2 Å². The highest BCUT2D eigenvalue weighted by Crippen LogP contribution is 2.23. The second-order valence-electron chi connectivity index (χ2n) is 18.6. The Balaban J connectivity index is 2.22. The lowest BCUT2D eigenvalue weighted by atomic mass is 9.99. The van der Waals surface area contributed by atoms with Gasteiger partial charge in [-0.2, -0.15) is 0 Å². The number of esters is 1. The van der Waals surface area contributed by atoms with Gasteiger partial charge in [0.25, 0.3) is 0 Å². The van der Waals surface area contributed by atoms with Gasteiger partial charge in [0.2, 0.25) is 0 Å². The number of unbranched alkanes of at least 4 members (excludes halogenated alkanes) is 14. The summed E-state index contributed by atoms with van der Waals surface area (Å²) in [5.41, 5.74) is 0. The second kappa shape index (κ2) is 52.2. The molecule has 1 rings (SSSR count). The first-order valence-electron chi connectivity index (χ1n) is 28.3. The monoisotopic (exact) mass is 1000 g/mol. The van der Waals surface area contributed by atoms with E-state index in [0.29, 0.717) is 13.0 Å². The Hall–Kier alpha value is -3.67. The number of aliphatic hydroxyl groups excluding tert-OH is 4. The van der Waals surface area contributed by atoms with Crippen molar-refractivity contribution in [3.63, 3.8) is 0 Å². The van der Waals surface area contributed by atoms with E-state index in [2.05, 4.69) is 148 Å². The van der Waals surface area contributed by atoms with Gasteiger partial charge in [0, 0.05) is 13.0 Å². The van der Waals surface area contributed by atoms with Gasteiger partial charge >= 0.3 is 5.97 Å². The van der Waals surface area contributed by atoms with Crippen LogP contribution in [0.3, 0.4) is 0 Å². The van der Waals surface area contributed by atoms with Crippen molar-refractivity contribution in [1.82, 2.24) is 0 Å². The molecule has 9 nitrogen and oxygen atoms in total. The Kier molecular flexibility index (Phi) is 48.1. The molecule has 72 heavy (non-hydrogen) atoms. The summed E-state index contributed by atoms with van der Waals surface area (Å²) in [6.45, 7) is 4.26. The van der Waals surface area contributed by atoms with E-state index in [1.165, 1.54) is 32.1 Å². The van der Waals surface area contributed by atoms with Gasteiger partial charge in [0.1, 0.15) is 30.5 Å². The molecular formula is C63H102O9. The van der Waals surface area contributed by atoms with Crippen LogP contribution in [0.1, 0.15) is 194 Å². The summed E-state index contributed by atoms with van der Waals surface area (Å²) in [5.74, 6) is -0.333. The fraction of sp³-hybridized carbons (Fsp3) is 0.635. The summed E-state index contributed by atoms with van der Waals surface area (Å²) in [6, 6.07) is 0. The highest BCUT2D eigenvalue weighted by molar-refractivity contribution is 5.69. The number of allylic oxidation sites excluding steroid dienone is 22. The Morgan fingerprint density at radius 1 is 0.444 bits per heavy atom. The fourth-order valence-corrected chi connectivity index (χ4v) is 7.76. The third kappa shape index (κ3) is 41.8. The molecule has 0 bridgehead atoms. The highest BCUT2D eigenvalue weighted by atomic mass is 16.7. The predicted molar refractivity (Wildman–Crippen MR) is 302 cm³/mol. The summed E-state index contributed by atoms with van der Waals surface area (Å²) in [7, 11) is 0.